The molecule has 2 rings (SSSR count). The normalized spacial score (nSPS) is 21.3. The molecular weight excluding hydrogens is 236 g/mol. The minimum absolute atomic E-state index is 0.236. The topological polar surface area (TPSA) is 27.7 Å². The maximum atomic E-state index is 5.32. The van der Waals surface area contributed by atoms with Crippen molar-refractivity contribution in [2.75, 3.05) is 13.6 Å². The van der Waals surface area contributed by atoms with Gasteiger partial charge in [-0.2, -0.15) is 0 Å². The third-order valence-electron chi connectivity index (χ3n) is 1.77. The molecule has 1 fully saturated rings. The lowest BCUT2D eigenvalue weighted by atomic mass is 10.2. The van der Waals surface area contributed by atoms with E-state index in [1.165, 1.54) is 0 Å². The molecule has 1 saturated heterocycles. The lowest BCUT2D eigenvalue weighted by molar-refractivity contribution is -0.320. The van der Waals surface area contributed by atoms with Crippen LogP contribution in [-0.2, 0) is 18.9 Å². The summed E-state index contributed by atoms with van der Waals surface area (Å²) >= 11 is 3.38. The minimum atomic E-state index is -0.841. The monoisotopic (exact) mass is 244 g/mol. The van der Waals surface area contributed by atoms with Gasteiger partial charge in [-0.3, -0.25) is 0 Å². The first kappa shape index (κ1) is 9.15. The van der Waals surface area contributed by atoms with Crippen molar-refractivity contribution in [3.05, 3.63) is 35.9 Å². The van der Waals surface area contributed by atoms with Gasteiger partial charge in [-0.05, 0) is 15.9 Å². The molecule has 70 valence electrons. The number of rotatable bonds is 1. The zero-order valence-corrected chi connectivity index (χ0v) is 8.49. The van der Waals surface area contributed by atoms with Crippen LogP contribution in [0.1, 0.15) is 5.56 Å². The summed E-state index contributed by atoms with van der Waals surface area (Å²) in [6.45, 7) is 0.473. The Labute approximate surface area is 84.7 Å². The molecule has 0 unspecified atom stereocenters. The second-order valence-electron chi connectivity index (χ2n) is 2.63. The van der Waals surface area contributed by atoms with E-state index in [2.05, 4.69) is 15.9 Å². The molecule has 0 saturated carbocycles. The van der Waals surface area contributed by atoms with Gasteiger partial charge in [0, 0.05) is 5.56 Å². The van der Waals surface area contributed by atoms with Crippen LogP contribution in [0.5, 0.6) is 0 Å². The molecule has 4 heteroatoms. The lowest BCUT2D eigenvalue weighted by Gasteiger charge is -2.31. The van der Waals surface area contributed by atoms with Gasteiger partial charge in [0.05, 0.1) is 0 Å². The molecule has 0 aromatic heterocycles. The zero-order valence-electron chi connectivity index (χ0n) is 6.90. The standard InChI is InChI=1S/C9H9BrO3/c10-9(12-6-11-7-13-9)8-4-2-1-3-5-8/h1-5H,6-7H2. The first-order chi connectivity index (χ1) is 6.31. The largest absolute Gasteiger partial charge is 0.329 e. The Morgan fingerprint density at radius 2 is 1.69 bits per heavy atom. The average Bonchev–Trinajstić information content (AvgIpc) is 2.20. The first-order valence-electron chi connectivity index (χ1n) is 3.91. The number of alkyl halides is 1. The summed E-state index contributed by atoms with van der Waals surface area (Å²) in [4.78, 5) is 0. The van der Waals surface area contributed by atoms with Gasteiger partial charge in [-0.15, -0.1) is 0 Å². The molecule has 0 aliphatic carbocycles. The summed E-state index contributed by atoms with van der Waals surface area (Å²) in [5.74, 6) is 0. The smallest absolute Gasteiger partial charge is 0.258 e. The van der Waals surface area contributed by atoms with Crippen LogP contribution in [0.15, 0.2) is 30.3 Å². The van der Waals surface area contributed by atoms with Crippen LogP contribution in [0.2, 0.25) is 0 Å². The van der Waals surface area contributed by atoms with Crippen molar-refractivity contribution in [2.24, 2.45) is 0 Å². The molecule has 1 aromatic carbocycles. The Morgan fingerprint density at radius 3 is 2.31 bits per heavy atom. The Balaban J connectivity index is 2.23. The van der Waals surface area contributed by atoms with Crippen molar-refractivity contribution in [1.82, 2.24) is 0 Å². The summed E-state index contributed by atoms with van der Waals surface area (Å²) in [6, 6.07) is 9.67. The van der Waals surface area contributed by atoms with Gasteiger partial charge in [0.25, 0.3) is 4.70 Å². The highest BCUT2D eigenvalue weighted by Crippen LogP contribution is 2.35. The van der Waals surface area contributed by atoms with E-state index in [1.807, 2.05) is 30.3 Å². The van der Waals surface area contributed by atoms with E-state index in [4.69, 9.17) is 14.2 Å². The van der Waals surface area contributed by atoms with E-state index in [0.29, 0.717) is 0 Å². The number of hydrogen-bond acceptors (Lipinski definition) is 3. The number of halogens is 1. The van der Waals surface area contributed by atoms with Crippen LogP contribution < -0.4 is 0 Å². The molecule has 0 amide bonds. The molecule has 0 atom stereocenters. The number of benzene rings is 1. The van der Waals surface area contributed by atoms with E-state index in [9.17, 15) is 0 Å². The fourth-order valence-corrected chi connectivity index (χ4v) is 1.57. The van der Waals surface area contributed by atoms with Gasteiger partial charge in [-0.25, -0.2) is 0 Å². The Morgan fingerprint density at radius 1 is 1.08 bits per heavy atom. The van der Waals surface area contributed by atoms with Crippen molar-refractivity contribution in [3.8, 4) is 0 Å². The highest BCUT2D eigenvalue weighted by atomic mass is 79.9. The Kier molecular flexibility index (Phi) is 2.64. The first-order valence-corrected chi connectivity index (χ1v) is 4.71. The molecule has 1 aromatic rings. The zero-order chi connectivity index (χ0) is 9.15. The van der Waals surface area contributed by atoms with Crippen molar-refractivity contribution in [1.29, 1.82) is 0 Å². The van der Waals surface area contributed by atoms with Crippen LogP contribution in [0.4, 0.5) is 0 Å². The fourth-order valence-electron chi connectivity index (χ4n) is 1.11. The molecule has 3 nitrogen and oxygen atoms in total. The summed E-state index contributed by atoms with van der Waals surface area (Å²) in [5.41, 5.74) is 0.929. The van der Waals surface area contributed by atoms with Gasteiger partial charge in [0.1, 0.15) is 0 Å². The quantitative estimate of drug-likeness (QED) is 0.709. The summed E-state index contributed by atoms with van der Waals surface area (Å²) in [7, 11) is 0. The third-order valence-corrected chi connectivity index (χ3v) is 2.69. The van der Waals surface area contributed by atoms with Crippen LogP contribution in [0, 0.1) is 0 Å². The molecule has 13 heavy (non-hydrogen) atoms. The van der Waals surface area contributed by atoms with Gasteiger partial charge < -0.3 is 14.2 Å². The minimum Gasteiger partial charge on any atom is -0.329 e. The molecule has 0 N–H and O–H groups in total. The van der Waals surface area contributed by atoms with Gasteiger partial charge in [0.15, 0.2) is 13.6 Å². The third kappa shape index (κ3) is 1.91. The van der Waals surface area contributed by atoms with Crippen LogP contribution in [-0.4, -0.2) is 13.6 Å². The summed E-state index contributed by atoms with van der Waals surface area (Å²) in [5, 5.41) is 0. The van der Waals surface area contributed by atoms with Crippen molar-refractivity contribution in [3.63, 3.8) is 0 Å². The number of ether oxygens (including phenoxy) is 3. The van der Waals surface area contributed by atoms with E-state index >= 15 is 0 Å². The predicted octanol–water partition coefficient (Wildman–Crippen LogP) is 2.17. The van der Waals surface area contributed by atoms with Gasteiger partial charge in [0.2, 0.25) is 0 Å². The summed E-state index contributed by atoms with van der Waals surface area (Å²) in [6.07, 6.45) is 0. The molecule has 0 bridgehead atoms. The van der Waals surface area contributed by atoms with E-state index in [-0.39, 0.29) is 13.6 Å². The highest BCUT2D eigenvalue weighted by Gasteiger charge is 2.33. The second kappa shape index (κ2) is 3.75. The van der Waals surface area contributed by atoms with E-state index < -0.39 is 4.70 Å². The average molecular weight is 245 g/mol. The number of hydrogen-bond donors (Lipinski definition) is 0. The maximum absolute atomic E-state index is 5.32. The maximum Gasteiger partial charge on any atom is 0.258 e. The molecule has 1 heterocycles. The molecule has 1 aliphatic rings. The van der Waals surface area contributed by atoms with E-state index in [1.54, 1.807) is 0 Å². The van der Waals surface area contributed by atoms with Crippen LogP contribution >= 0.6 is 15.9 Å². The van der Waals surface area contributed by atoms with Crippen molar-refractivity contribution < 1.29 is 14.2 Å². The van der Waals surface area contributed by atoms with Gasteiger partial charge >= 0.3 is 0 Å². The van der Waals surface area contributed by atoms with Crippen molar-refractivity contribution in [2.45, 2.75) is 4.70 Å². The highest BCUT2D eigenvalue weighted by molar-refractivity contribution is 9.09. The summed E-state index contributed by atoms with van der Waals surface area (Å²) < 4.78 is 14.7. The van der Waals surface area contributed by atoms with Crippen molar-refractivity contribution >= 4 is 15.9 Å². The molecule has 0 radical (unpaired) electrons. The lowest BCUT2D eigenvalue weighted by Crippen LogP contribution is -2.33. The Hall–Kier alpha value is -0.420. The van der Waals surface area contributed by atoms with Crippen LogP contribution in [0.25, 0.3) is 0 Å². The Bertz CT molecular complexity index is 269. The SMILES string of the molecule is BrC1(c2ccccc2)OCOCO1. The molecule has 1 aliphatic heterocycles. The second-order valence-corrected chi connectivity index (χ2v) is 3.67. The van der Waals surface area contributed by atoms with Gasteiger partial charge in [-0.1, -0.05) is 30.3 Å². The van der Waals surface area contributed by atoms with E-state index in [0.717, 1.165) is 5.56 Å². The predicted molar refractivity (Wildman–Crippen MR) is 50.0 cm³/mol. The molecular formula is C9H9BrO3. The van der Waals surface area contributed by atoms with Crippen LogP contribution in [0.3, 0.4) is 0 Å². The fraction of sp³-hybridized carbons (Fsp3) is 0.333. The molecule has 0 spiro atoms.